The Morgan fingerprint density at radius 3 is 2.54 bits per heavy atom. The van der Waals surface area contributed by atoms with Crippen molar-refractivity contribution in [2.75, 3.05) is 6.61 Å². The minimum absolute atomic E-state index is 0.0965. The highest BCUT2D eigenvalue weighted by molar-refractivity contribution is 7.89. The number of hydrogen-bond donors (Lipinski definition) is 1. The van der Waals surface area contributed by atoms with Crippen molar-refractivity contribution in [2.24, 2.45) is 5.92 Å². The van der Waals surface area contributed by atoms with Crippen molar-refractivity contribution in [3.05, 3.63) is 59.7 Å². The molecule has 0 aliphatic carbocycles. The standard InChI is InChI=1S/C19H21NO4S2/c1-14(2)13-23-15-5-8-17(9-6-15)26(21,22)20-12-16-7-10-18(24-16)19-4-3-11-25-19/h3-11,14,20H,12-13H2,1-2H3. The molecule has 0 aliphatic rings. The van der Waals surface area contributed by atoms with Gasteiger partial charge in [0.2, 0.25) is 10.0 Å². The van der Waals surface area contributed by atoms with Crippen LogP contribution < -0.4 is 9.46 Å². The molecule has 1 N–H and O–H groups in total. The van der Waals surface area contributed by atoms with Gasteiger partial charge in [-0.05, 0) is 53.8 Å². The van der Waals surface area contributed by atoms with E-state index in [2.05, 4.69) is 18.6 Å². The van der Waals surface area contributed by atoms with E-state index >= 15 is 0 Å². The fourth-order valence-corrected chi connectivity index (χ4v) is 3.93. The highest BCUT2D eigenvalue weighted by Crippen LogP contribution is 2.26. The van der Waals surface area contributed by atoms with Gasteiger partial charge in [-0.1, -0.05) is 19.9 Å². The van der Waals surface area contributed by atoms with E-state index in [0.717, 1.165) is 10.6 Å². The van der Waals surface area contributed by atoms with Crippen LogP contribution in [0.5, 0.6) is 5.75 Å². The number of rotatable bonds is 8. The molecular formula is C19H21NO4S2. The van der Waals surface area contributed by atoms with Crippen molar-refractivity contribution in [1.82, 2.24) is 4.72 Å². The van der Waals surface area contributed by atoms with Gasteiger partial charge in [-0.2, -0.15) is 0 Å². The first-order valence-electron chi connectivity index (χ1n) is 8.29. The Morgan fingerprint density at radius 1 is 1.12 bits per heavy atom. The summed E-state index contributed by atoms with van der Waals surface area (Å²) in [6, 6.07) is 13.9. The van der Waals surface area contributed by atoms with Crippen molar-refractivity contribution >= 4 is 21.4 Å². The second kappa shape index (κ2) is 8.07. The predicted octanol–water partition coefficient (Wildman–Crippen LogP) is 4.52. The average molecular weight is 392 g/mol. The summed E-state index contributed by atoms with van der Waals surface area (Å²) in [5.41, 5.74) is 0. The van der Waals surface area contributed by atoms with Crippen molar-refractivity contribution in [2.45, 2.75) is 25.3 Å². The summed E-state index contributed by atoms with van der Waals surface area (Å²) in [5.74, 6) is 2.37. The van der Waals surface area contributed by atoms with Gasteiger partial charge < -0.3 is 9.15 Å². The number of thiophene rings is 1. The predicted molar refractivity (Wildman–Crippen MR) is 103 cm³/mol. The second-order valence-electron chi connectivity index (χ2n) is 6.24. The molecule has 0 bridgehead atoms. The van der Waals surface area contributed by atoms with E-state index in [4.69, 9.17) is 9.15 Å². The summed E-state index contributed by atoms with van der Waals surface area (Å²) in [7, 11) is -3.61. The number of benzene rings is 1. The van der Waals surface area contributed by atoms with Crippen LogP contribution in [0.1, 0.15) is 19.6 Å². The maximum absolute atomic E-state index is 12.4. The van der Waals surface area contributed by atoms with E-state index in [1.807, 2.05) is 23.6 Å². The van der Waals surface area contributed by atoms with E-state index in [1.54, 1.807) is 29.5 Å². The second-order valence-corrected chi connectivity index (χ2v) is 8.96. The van der Waals surface area contributed by atoms with Crippen molar-refractivity contribution < 1.29 is 17.6 Å². The van der Waals surface area contributed by atoms with Crippen LogP contribution in [-0.2, 0) is 16.6 Å². The lowest BCUT2D eigenvalue weighted by Crippen LogP contribution is -2.22. The Hall–Kier alpha value is -2.09. The van der Waals surface area contributed by atoms with Crippen molar-refractivity contribution in [3.63, 3.8) is 0 Å². The normalized spacial score (nSPS) is 11.8. The third-order valence-electron chi connectivity index (χ3n) is 3.58. The third-order valence-corrected chi connectivity index (χ3v) is 5.88. The van der Waals surface area contributed by atoms with E-state index in [0.29, 0.717) is 24.0 Å². The summed E-state index contributed by atoms with van der Waals surface area (Å²) in [6.45, 7) is 4.80. The molecule has 5 nitrogen and oxygen atoms in total. The topological polar surface area (TPSA) is 68.5 Å². The molecule has 0 aliphatic heterocycles. The fraction of sp³-hybridized carbons (Fsp3) is 0.263. The smallest absolute Gasteiger partial charge is 0.240 e. The molecule has 0 unspecified atom stereocenters. The summed E-state index contributed by atoms with van der Waals surface area (Å²) in [5, 5.41) is 1.97. The van der Waals surface area contributed by atoms with Gasteiger partial charge in [-0.15, -0.1) is 11.3 Å². The molecule has 0 saturated heterocycles. The summed E-state index contributed by atoms with van der Waals surface area (Å²) >= 11 is 1.57. The first-order chi connectivity index (χ1) is 12.4. The number of furan rings is 1. The van der Waals surface area contributed by atoms with Gasteiger partial charge >= 0.3 is 0 Å². The van der Waals surface area contributed by atoms with E-state index in [9.17, 15) is 8.42 Å². The molecule has 7 heteroatoms. The molecule has 26 heavy (non-hydrogen) atoms. The quantitative estimate of drug-likeness (QED) is 0.613. The van der Waals surface area contributed by atoms with Crippen LogP contribution in [-0.4, -0.2) is 15.0 Å². The lowest BCUT2D eigenvalue weighted by molar-refractivity contribution is 0.271. The Morgan fingerprint density at radius 2 is 1.88 bits per heavy atom. The zero-order valence-corrected chi connectivity index (χ0v) is 16.3. The van der Waals surface area contributed by atoms with Gasteiger partial charge in [-0.25, -0.2) is 13.1 Å². The lowest BCUT2D eigenvalue weighted by Gasteiger charge is -2.10. The SMILES string of the molecule is CC(C)COc1ccc(S(=O)(=O)NCc2ccc(-c3cccs3)o2)cc1. The van der Waals surface area contributed by atoms with Crippen LogP contribution >= 0.6 is 11.3 Å². The molecule has 0 radical (unpaired) electrons. The van der Waals surface area contributed by atoms with Crippen LogP contribution in [0.3, 0.4) is 0 Å². The molecule has 1 aromatic carbocycles. The van der Waals surface area contributed by atoms with Gasteiger partial charge in [0.25, 0.3) is 0 Å². The molecule has 138 valence electrons. The highest BCUT2D eigenvalue weighted by atomic mass is 32.2. The first kappa shape index (κ1) is 18.7. The number of nitrogens with one attached hydrogen (secondary N) is 1. The number of sulfonamides is 1. The minimum atomic E-state index is -3.61. The molecule has 3 aromatic rings. The van der Waals surface area contributed by atoms with Crippen LogP contribution in [0.4, 0.5) is 0 Å². The molecule has 0 spiro atoms. The zero-order valence-electron chi connectivity index (χ0n) is 14.6. The van der Waals surface area contributed by atoms with Crippen LogP contribution in [0.25, 0.3) is 10.6 Å². The molecule has 0 atom stereocenters. The molecular weight excluding hydrogens is 370 g/mol. The van der Waals surface area contributed by atoms with Gasteiger partial charge in [0, 0.05) is 0 Å². The van der Waals surface area contributed by atoms with Crippen molar-refractivity contribution in [3.8, 4) is 16.4 Å². The summed E-state index contributed by atoms with van der Waals surface area (Å²) in [4.78, 5) is 1.20. The monoisotopic (exact) mass is 391 g/mol. The van der Waals surface area contributed by atoms with Crippen LogP contribution in [0.15, 0.2) is 63.2 Å². The maximum atomic E-state index is 12.4. The number of ether oxygens (including phenoxy) is 1. The Labute approximate surface area is 157 Å². The van der Waals surface area contributed by atoms with E-state index in [-0.39, 0.29) is 11.4 Å². The summed E-state index contributed by atoms with van der Waals surface area (Å²) in [6.07, 6.45) is 0. The van der Waals surface area contributed by atoms with E-state index in [1.165, 1.54) is 12.1 Å². The molecule has 3 rings (SSSR count). The molecule has 2 heterocycles. The fourth-order valence-electron chi connectivity index (χ4n) is 2.25. The van der Waals surface area contributed by atoms with Crippen LogP contribution in [0.2, 0.25) is 0 Å². The van der Waals surface area contributed by atoms with Crippen molar-refractivity contribution in [1.29, 1.82) is 0 Å². The zero-order chi connectivity index (χ0) is 18.6. The lowest BCUT2D eigenvalue weighted by atomic mass is 10.2. The van der Waals surface area contributed by atoms with Gasteiger partial charge in [0.1, 0.15) is 17.3 Å². The van der Waals surface area contributed by atoms with Crippen LogP contribution in [0, 0.1) is 5.92 Å². The average Bonchev–Trinajstić information content (AvgIpc) is 3.30. The maximum Gasteiger partial charge on any atom is 0.240 e. The Kier molecular flexibility index (Phi) is 5.80. The third kappa shape index (κ3) is 4.75. The number of hydrogen-bond acceptors (Lipinski definition) is 5. The molecule has 0 amide bonds. The van der Waals surface area contributed by atoms with Gasteiger partial charge in [0.05, 0.1) is 22.9 Å². The molecule has 2 aromatic heterocycles. The highest BCUT2D eigenvalue weighted by Gasteiger charge is 2.15. The largest absolute Gasteiger partial charge is 0.493 e. The van der Waals surface area contributed by atoms with Gasteiger partial charge in [0.15, 0.2) is 0 Å². The van der Waals surface area contributed by atoms with Gasteiger partial charge in [-0.3, -0.25) is 0 Å². The Balaban J connectivity index is 1.62. The molecule has 0 saturated carbocycles. The minimum Gasteiger partial charge on any atom is -0.493 e. The first-order valence-corrected chi connectivity index (χ1v) is 10.7. The molecule has 0 fully saturated rings. The summed E-state index contributed by atoms with van der Waals surface area (Å²) < 4.78 is 38.7. The van der Waals surface area contributed by atoms with E-state index < -0.39 is 10.0 Å². The Bertz CT molecular complexity index is 926.